The Morgan fingerprint density at radius 2 is 2.32 bits per heavy atom. The third-order valence-electron chi connectivity index (χ3n) is 3.41. The Kier molecular flexibility index (Phi) is 7.67. The highest BCUT2D eigenvalue weighted by Gasteiger charge is 2.12. The van der Waals surface area contributed by atoms with E-state index in [0.29, 0.717) is 25.4 Å². The summed E-state index contributed by atoms with van der Waals surface area (Å²) in [7, 11) is 0. The van der Waals surface area contributed by atoms with E-state index >= 15 is 0 Å². The lowest BCUT2D eigenvalue weighted by Crippen LogP contribution is -2.27. The van der Waals surface area contributed by atoms with E-state index in [9.17, 15) is 4.79 Å². The molecule has 1 heterocycles. The summed E-state index contributed by atoms with van der Waals surface area (Å²) in [6.45, 7) is 5.62. The van der Waals surface area contributed by atoms with Gasteiger partial charge in [-0.3, -0.25) is 4.79 Å². The number of rotatable bonds is 9. The summed E-state index contributed by atoms with van der Waals surface area (Å²) in [6.07, 6.45) is 5.45. The first-order chi connectivity index (χ1) is 9.17. The van der Waals surface area contributed by atoms with Gasteiger partial charge in [0.2, 0.25) is 5.91 Å². The Balaban J connectivity index is 2.20. The highest BCUT2D eigenvalue weighted by Crippen LogP contribution is 2.17. The molecule has 3 N–H and O–H groups in total. The molecule has 4 nitrogen and oxygen atoms in total. The minimum atomic E-state index is 0.138. The third-order valence-corrected chi connectivity index (χ3v) is 4.42. The minimum Gasteiger partial charge on any atom is -0.355 e. The summed E-state index contributed by atoms with van der Waals surface area (Å²) in [4.78, 5) is 16.0. The second kappa shape index (κ2) is 9.04. The Hall–Kier alpha value is -0.940. The van der Waals surface area contributed by atoms with Gasteiger partial charge >= 0.3 is 0 Å². The molecule has 0 aromatic carbocycles. The standard InChI is InChI=1S/C14H25N3OS/c1-3-12(6-7-15)4-5-13(18)17-10-11(2)14-16-8-9-19-14/h8-9,11-12H,3-7,10,15H2,1-2H3,(H,17,18). The molecule has 0 aliphatic heterocycles. The molecular weight excluding hydrogens is 258 g/mol. The van der Waals surface area contributed by atoms with E-state index in [1.165, 1.54) is 0 Å². The molecule has 2 atom stereocenters. The van der Waals surface area contributed by atoms with Crippen LogP contribution < -0.4 is 11.1 Å². The average Bonchev–Trinajstić information content (AvgIpc) is 2.94. The maximum Gasteiger partial charge on any atom is 0.220 e. The Labute approximate surface area is 119 Å². The van der Waals surface area contributed by atoms with Crippen LogP contribution in [-0.2, 0) is 4.79 Å². The maximum atomic E-state index is 11.8. The van der Waals surface area contributed by atoms with Crippen LogP contribution in [0.4, 0.5) is 0 Å². The molecule has 0 spiro atoms. The molecule has 1 aromatic rings. The molecule has 19 heavy (non-hydrogen) atoms. The first-order valence-electron chi connectivity index (χ1n) is 7.03. The van der Waals surface area contributed by atoms with Crippen molar-refractivity contribution in [3.8, 4) is 0 Å². The first-order valence-corrected chi connectivity index (χ1v) is 7.91. The quantitative estimate of drug-likeness (QED) is 0.731. The fraction of sp³-hybridized carbons (Fsp3) is 0.714. The van der Waals surface area contributed by atoms with Crippen molar-refractivity contribution in [3.05, 3.63) is 16.6 Å². The van der Waals surface area contributed by atoms with Gasteiger partial charge in [0.25, 0.3) is 0 Å². The van der Waals surface area contributed by atoms with E-state index in [1.54, 1.807) is 17.5 Å². The number of hydrogen-bond acceptors (Lipinski definition) is 4. The molecular formula is C14H25N3OS. The van der Waals surface area contributed by atoms with Crippen molar-refractivity contribution < 1.29 is 4.79 Å². The summed E-state index contributed by atoms with van der Waals surface area (Å²) in [5.74, 6) is 1.00. The number of thiazole rings is 1. The first kappa shape index (κ1) is 16.1. The van der Waals surface area contributed by atoms with Crippen molar-refractivity contribution in [3.63, 3.8) is 0 Å². The van der Waals surface area contributed by atoms with Crippen molar-refractivity contribution in [1.29, 1.82) is 0 Å². The van der Waals surface area contributed by atoms with Gasteiger partial charge in [-0.25, -0.2) is 4.98 Å². The molecule has 0 fully saturated rings. The Morgan fingerprint density at radius 3 is 2.89 bits per heavy atom. The highest BCUT2D eigenvalue weighted by molar-refractivity contribution is 7.09. The van der Waals surface area contributed by atoms with Crippen LogP contribution in [0.15, 0.2) is 11.6 Å². The zero-order valence-corrected chi connectivity index (χ0v) is 12.7. The van der Waals surface area contributed by atoms with Gasteiger partial charge in [0.05, 0.1) is 5.01 Å². The van der Waals surface area contributed by atoms with Gasteiger partial charge in [-0.15, -0.1) is 11.3 Å². The van der Waals surface area contributed by atoms with Crippen LogP contribution in [0.2, 0.25) is 0 Å². The largest absolute Gasteiger partial charge is 0.355 e. The van der Waals surface area contributed by atoms with Gasteiger partial charge in [-0.1, -0.05) is 20.3 Å². The van der Waals surface area contributed by atoms with Crippen molar-refractivity contribution in [1.82, 2.24) is 10.3 Å². The number of nitrogens with one attached hydrogen (secondary N) is 1. The number of aromatic nitrogens is 1. The predicted octanol–water partition coefficient (Wildman–Crippen LogP) is 2.52. The van der Waals surface area contributed by atoms with Crippen LogP contribution >= 0.6 is 11.3 Å². The molecule has 1 aromatic heterocycles. The molecule has 0 radical (unpaired) electrons. The molecule has 0 saturated heterocycles. The SMILES string of the molecule is CCC(CCN)CCC(=O)NCC(C)c1nccs1. The van der Waals surface area contributed by atoms with Crippen LogP contribution in [0.3, 0.4) is 0 Å². The van der Waals surface area contributed by atoms with Crippen LogP contribution in [-0.4, -0.2) is 24.0 Å². The predicted molar refractivity (Wildman–Crippen MR) is 80.2 cm³/mol. The fourth-order valence-electron chi connectivity index (χ4n) is 2.04. The second-order valence-electron chi connectivity index (χ2n) is 4.97. The van der Waals surface area contributed by atoms with E-state index in [-0.39, 0.29) is 11.8 Å². The summed E-state index contributed by atoms with van der Waals surface area (Å²) in [6, 6.07) is 0. The molecule has 0 aliphatic carbocycles. The smallest absolute Gasteiger partial charge is 0.220 e. The lowest BCUT2D eigenvalue weighted by Gasteiger charge is -2.14. The van der Waals surface area contributed by atoms with Gasteiger partial charge < -0.3 is 11.1 Å². The second-order valence-corrected chi connectivity index (χ2v) is 5.89. The molecule has 108 valence electrons. The van der Waals surface area contributed by atoms with Gasteiger partial charge in [0.15, 0.2) is 0 Å². The van der Waals surface area contributed by atoms with E-state index in [1.807, 2.05) is 5.38 Å². The monoisotopic (exact) mass is 283 g/mol. The topological polar surface area (TPSA) is 68.0 Å². The fourth-order valence-corrected chi connectivity index (χ4v) is 2.74. The van der Waals surface area contributed by atoms with Crippen molar-refractivity contribution in [2.24, 2.45) is 11.7 Å². The number of nitrogens with two attached hydrogens (primary N) is 1. The number of amides is 1. The number of nitrogens with zero attached hydrogens (tertiary/aromatic N) is 1. The van der Waals surface area contributed by atoms with Crippen LogP contribution in [0, 0.1) is 5.92 Å². The van der Waals surface area contributed by atoms with E-state index in [4.69, 9.17) is 5.73 Å². The third kappa shape index (κ3) is 6.16. The number of hydrogen-bond donors (Lipinski definition) is 2. The number of carbonyl (C=O) groups is 1. The van der Waals surface area contributed by atoms with Gasteiger partial charge in [0, 0.05) is 30.5 Å². The zero-order chi connectivity index (χ0) is 14.1. The maximum absolute atomic E-state index is 11.8. The minimum absolute atomic E-state index is 0.138. The average molecular weight is 283 g/mol. The summed E-state index contributed by atoms with van der Waals surface area (Å²) < 4.78 is 0. The van der Waals surface area contributed by atoms with Crippen LogP contribution in [0.1, 0.15) is 50.5 Å². The molecule has 5 heteroatoms. The molecule has 0 aliphatic rings. The van der Waals surface area contributed by atoms with Crippen LogP contribution in [0.25, 0.3) is 0 Å². The van der Waals surface area contributed by atoms with E-state index < -0.39 is 0 Å². The highest BCUT2D eigenvalue weighted by atomic mass is 32.1. The van der Waals surface area contributed by atoms with Gasteiger partial charge in [-0.05, 0) is 25.3 Å². The van der Waals surface area contributed by atoms with Gasteiger partial charge in [-0.2, -0.15) is 0 Å². The Bertz CT molecular complexity index is 354. The zero-order valence-electron chi connectivity index (χ0n) is 11.9. The molecule has 1 rings (SSSR count). The van der Waals surface area contributed by atoms with E-state index in [0.717, 1.165) is 24.3 Å². The van der Waals surface area contributed by atoms with Crippen molar-refractivity contribution in [2.45, 2.75) is 45.4 Å². The summed E-state index contributed by atoms with van der Waals surface area (Å²) in [5, 5.41) is 6.03. The van der Waals surface area contributed by atoms with Crippen molar-refractivity contribution in [2.75, 3.05) is 13.1 Å². The lowest BCUT2D eigenvalue weighted by molar-refractivity contribution is -0.121. The van der Waals surface area contributed by atoms with Crippen LogP contribution in [0.5, 0.6) is 0 Å². The molecule has 2 unspecified atom stereocenters. The molecule has 0 saturated carbocycles. The molecule has 1 amide bonds. The summed E-state index contributed by atoms with van der Waals surface area (Å²) >= 11 is 1.63. The Morgan fingerprint density at radius 1 is 1.53 bits per heavy atom. The summed E-state index contributed by atoms with van der Waals surface area (Å²) in [5.41, 5.74) is 5.56. The normalized spacial score (nSPS) is 14.1. The van der Waals surface area contributed by atoms with E-state index in [2.05, 4.69) is 24.1 Å². The lowest BCUT2D eigenvalue weighted by atomic mass is 9.96. The van der Waals surface area contributed by atoms with Gasteiger partial charge in [0.1, 0.15) is 0 Å². The number of carbonyl (C=O) groups excluding carboxylic acids is 1. The molecule has 0 bridgehead atoms. The van der Waals surface area contributed by atoms with Crippen molar-refractivity contribution >= 4 is 17.2 Å².